The smallest absolute Gasteiger partial charge is 0.753 e. The minimum atomic E-state index is -4.80. The summed E-state index contributed by atoms with van der Waals surface area (Å²) in [5.41, 5.74) is 11.9. The van der Waals surface area contributed by atoms with E-state index in [0.717, 1.165) is 22.6 Å². The first-order valence-corrected chi connectivity index (χ1v) is 18.7. The number of para-hydroxylation sites is 2. The maximum absolute atomic E-state index is 12.6. The van der Waals surface area contributed by atoms with E-state index in [1.54, 1.807) is 12.1 Å². The molecule has 0 aliphatic rings. The molecule has 65 heavy (non-hydrogen) atoms. The Hall–Kier alpha value is -8.11. The van der Waals surface area contributed by atoms with Gasteiger partial charge >= 0.3 is 25.7 Å². The van der Waals surface area contributed by atoms with E-state index in [9.17, 15) is 27.6 Å². The largest absolute Gasteiger partial charge is 2.00 e. The molecule has 2 N–H and O–H groups in total. The number of alkyl halides is 3. The molecule has 0 radical (unpaired) electrons. The average Bonchev–Trinajstić information content (AvgIpc) is 3.31. The third-order valence-electron chi connectivity index (χ3n) is 8.46. The molecule has 0 amide bonds. The molecular weight excluding hydrogens is 951 g/mol. The van der Waals surface area contributed by atoms with Crippen molar-refractivity contribution in [2.45, 2.75) is 6.18 Å². The van der Waals surface area contributed by atoms with E-state index in [1.165, 1.54) is 60.1 Å². The summed E-state index contributed by atoms with van der Waals surface area (Å²) in [5, 5.41) is 15.6. The van der Waals surface area contributed by atoms with E-state index < -0.39 is 17.6 Å². The summed E-state index contributed by atoms with van der Waals surface area (Å²) in [5.74, 6) is 0.760. The number of benzene rings is 3. The third-order valence-corrected chi connectivity index (χ3v) is 8.46. The summed E-state index contributed by atoms with van der Waals surface area (Å²) < 4.78 is 52.5. The summed E-state index contributed by atoms with van der Waals surface area (Å²) in [4.78, 5) is 50.7. The van der Waals surface area contributed by atoms with E-state index >= 15 is 0 Å². The first-order valence-electron chi connectivity index (χ1n) is 18.3. The van der Waals surface area contributed by atoms with Crippen molar-refractivity contribution in [3.8, 4) is 51.2 Å². The van der Waals surface area contributed by atoms with Gasteiger partial charge in [-0.2, -0.15) is 18.3 Å². The molecule has 0 spiro atoms. The minimum absolute atomic E-state index is 0. The molecule has 0 saturated heterocycles. The maximum Gasteiger partial charge on any atom is 2.00 e. The Morgan fingerprint density at radius 3 is 1.52 bits per heavy atom. The van der Waals surface area contributed by atoms with Gasteiger partial charge in [0.1, 0.15) is 23.0 Å². The van der Waals surface area contributed by atoms with Crippen LogP contribution >= 0.6 is 12.2 Å². The number of hydrogen-bond acceptors (Lipinski definition) is 13. The first kappa shape index (κ1) is 49.5. The maximum atomic E-state index is 12.6. The number of allylic oxidation sites excluding steroid dienone is 1. The molecule has 0 fully saturated rings. The van der Waals surface area contributed by atoms with Crippen molar-refractivity contribution < 1.29 is 61.2 Å². The van der Waals surface area contributed by atoms with E-state index in [-0.39, 0.29) is 48.9 Å². The number of anilines is 3. The number of aromatic nitrogens is 4. The molecule has 14 nitrogen and oxygen atoms in total. The molecule has 3 aromatic carbocycles. The van der Waals surface area contributed by atoms with Crippen LogP contribution in [0.3, 0.4) is 0 Å². The number of pyridine rings is 4. The monoisotopic (exact) mass is 982 g/mol. The van der Waals surface area contributed by atoms with Crippen LogP contribution < -0.4 is 19.1 Å². The Morgan fingerprint density at radius 1 is 0.631 bits per heavy atom. The molecule has 7 aromatic rings. The molecule has 4 aromatic heterocycles. The number of thiocarbonyl (C=S) groups is 1. The Kier molecular flexibility index (Phi) is 18.7. The van der Waals surface area contributed by atoms with Crippen LogP contribution in [-0.4, -0.2) is 56.4 Å². The van der Waals surface area contributed by atoms with Gasteiger partial charge in [0.25, 0.3) is 19.4 Å². The zero-order valence-corrected chi connectivity index (χ0v) is 35.8. The predicted octanol–water partition coefficient (Wildman–Crippen LogP) is 10.7. The number of nitrogens with one attached hydrogen (secondary N) is 2. The molecule has 326 valence electrons. The average molecular weight is 982 g/mol. The molecular formula is C46H31F3N8O6RuS. The van der Waals surface area contributed by atoms with Gasteiger partial charge < -0.3 is 30.3 Å². The van der Waals surface area contributed by atoms with Crippen LogP contribution in [0.4, 0.5) is 30.2 Å². The standard InChI is InChI=1S/C27H20F3N4.C18H11N3O6.CNS.Ru/c28-27(29,30)26(32)18-24(31)25-17-20(15-16-33-25)19-11-13-23(14-12-19)34(21-7-3-1-4-8-21)22-9-5-2-6-10-22;22-9-25-12-1-3-19-15(5-12)17-7-14(27-11-24)8-18(21-17)16-6-13(26-10-23)2-4-20-16;2-1-3;/h1-18,31-32H;1-11H;;/q-1;;-1;+2/b24-18-,32-26?;;;. The predicted molar refractivity (Wildman–Crippen MR) is 237 cm³/mol. The van der Waals surface area contributed by atoms with Crippen LogP contribution in [0, 0.1) is 5.41 Å². The van der Waals surface area contributed by atoms with Gasteiger partial charge in [-0.25, -0.2) is 4.98 Å². The minimum Gasteiger partial charge on any atom is -0.753 e. The van der Waals surface area contributed by atoms with Crippen LogP contribution in [0.15, 0.2) is 158 Å². The van der Waals surface area contributed by atoms with Gasteiger partial charge in [0.05, 0.1) is 22.8 Å². The van der Waals surface area contributed by atoms with Crippen molar-refractivity contribution in [3.05, 3.63) is 175 Å². The zero-order chi connectivity index (χ0) is 45.9. The summed E-state index contributed by atoms with van der Waals surface area (Å²) in [7, 11) is 0. The number of carbonyl (C=O) groups is 3. The second kappa shape index (κ2) is 24.5. The molecule has 19 heteroatoms. The van der Waals surface area contributed by atoms with Crippen molar-refractivity contribution in [1.82, 2.24) is 19.9 Å². The summed E-state index contributed by atoms with van der Waals surface area (Å²) >= 11 is 3.70. The molecule has 4 heterocycles. The number of hydrogen-bond donors (Lipinski definition) is 1. The number of halogens is 3. The van der Waals surface area contributed by atoms with Gasteiger partial charge in [-0.3, -0.25) is 34.7 Å². The first-order chi connectivity index (χ1) is 31.0. The summed E-state index contributed by atoms with van der Waals surface area (Å²) in [6.07, 6.45) is -0.00647. The molecule has 0 aliphatic carbocycles. The molecule has 0 saturated carbocycles. The molecule has 7 rings (SSSR count). The van der Waals surface area contributed by atoms with Crippen LogP contribution in [0.5, 0.6) is 17.2 Å². The van der Waals surface area contributed by atoms with E-state index in [4.69, 9.17) is 30.8 Å². The van der Waals surface area contributed by atoms with Gasteiger partial charge in [0.15, 0.2) is 0 Å². The van der Waals surface area contributed by atoms with E-state index in [1.807, 2.05) is 84.9 Å². The van der Waals surface area contributed by atoms with E-state index in [0.29, 0.717) is 47.4 Å². The fourth-order valence-corrected chi connectivity index (χ4v) is 5.71. The number of nitrogens with zero attached hydrogens (tertiary/aromatic N) is 6. The molecule has 0 bridgehead atoms. The van der Waals surface area contributed by atoms with Crippen molar-refractivity contribution in [2.24, 2.45) is 0 Å². The summed E-state index contributed by atoms with van der Waals surface area (Å²) in [6.45, 7) is 0.875. The number of rotatable bonds is 14. The molecule has 0 aliphatic heterocycles. The van der Waals surface area contributed by atoms with Crippen LogP contribution in [0.25, 0.3) is 50.7 Å². The quantitative estimate of drug-likeness (QED) is 0.0468. The third kappa shape index (κ3) is 14.2. The van der Waals surface area contributed by atoms with Gasteiger partial charge in [0.2, 0.25) is 0 Å². The van der Waals surface area contributed by atoms with Crippen molar-refractivity contribution >= 4 is 65.3 Å². The van der Waals surface area contributed by atoms with Gasteiger partial charge in [-0.05, 0) is 77.9 Å². The Bertz CT molecular complexity index is 2670. The van der Waals surface area contributed by atoms with Gasteiger partial charge in [-0.15, -0.1) is 5.70 Å². The van der Waals surface area contributed by atoms with Crippen LogP contribution in [-0.2, 0) is 33.9 Å². The van der Waals surface area contributed by atoms with Gasteiger partial charge in [-0.1, -0.05) is 60.7 Å². The number of carbonyl (C=O) groups excluding carboxylic acids is 3. The Balaban J connectivity index is 0.000000270. The fraction of sp³-hybridized carbons (Fsp3) is 0.0217. The van der Waals surface area contributed by atoms with Crippen molar-refractivity contribution in [3.63, 3.8) is 0 Å². The number of ether oxygens (including phenoxy) is 3. The van der Waals surface area contributed by atoms with Crippen LogP contribution in [0.1, 0.15) is 5.69 Å². The summed E-state index contributed by atoms with van der Waals surface area (Å²) in [6, 6.07) is 40.0. The zero-order valence-electron chi connectivity index (χ0n) is 33.3. The number of isothiocyanates is 1. The van der Waals surface area contributed by atoms with E-state index in [2.05, 4.69) is 37.1 Å². The van der Waals surface area contributed by atoms with Gasteiger partial charge in [0, 0.05) is 65.6 Å². The second-order valence-electron chi connectivity index (χ2n) is 12.5. The normalized spacial score (nSPS) is 10.4. The Morgan fingerprint density at radius 2 is 1.06 bits per heavy atom. The molecule has 0 atom stereocenters. The molecule has 0 unspecified atom stereocenters. The SMILES string of the molecule is N=C(/C=C(\[NH-])c1cc(-c2ccc(N(c3ccccc3)c3ccccc3)cc2)ccn1)C(F)(F)F.O=COc1ccnc(-c2cc(OC=O)cc(-c3cc(OC=O)ccn3)n2)c1.[N-]=C=S.[Ru+2]. The second-order valence-corrected chi connectivity index (χ2v) is 12.7. The van der Waals surface area contributed by atoms with Crippen molar-refractivity contribution in [2.75, 3.05) is 4.90 Å². The van der Waals surface area contributed by atoms with Crippen molar-refractivity contribution in [1.29, 1.82) is 5.41 Å². The Labute approximate surface area is 387 Å². The van der Waals surface area contributed by atoms with Crippen LogP contribution in [0.2, 0.25) is 0 Å². The topological polar surface area (TPSA) is 204 Å². The fourth-order valence-electron chi connectivity index (χ4n) is 5.71.